The maximum absolute atomic E-state index is 11.2. The number of esters is 1. The molecule has 1 N–H and O–H groups in total. The van der Waals surface area contributed by atoms with Gasteiger partial charge in [0.25, 0.3) is 0 Å². The van der Waals surface area contributed by atoms with Crippen molar-refractivity contribution in [3.8, 4) is 0 Å². The molecule has 0 saturated heterocycles. The number of rotatable bonds is 5. The quantitative estimate of drug-likeness (QED) is 0.577. The lowest BCUT2D eigenvalue weighted by molar-refractivity contribution is -0.155. The van der Waals surface area contributed by atoms with Gasteiger partial charge < -0.3 is 14.3 Å². The van der Waals surface area contributed by atoms with Crippen LogP contribution in [0.3, 0.4) is 0 Å². The zero-order valence-electron chi connectivity index (χ0n) is 8.10. The molecule has 1 atom stereocenters. The Labute approximate surface area is 82.5 Å². The van der Waals surface area contributed by atoms with Crippen molar-refractivity contribution < 1.29 is 19.1 Å². The van der Waals surface area contributed by atoms with Crippen LogP contribution in [0.25, 0.3) is 0 Å². The maximum atomic E-state index is 11.2. The van der Waals surface area contributed by atoms with Gasteiger partial charge in [-0.05, 0) is 18.6 Å². The molecule has 78 valence electrons. The van der Waals surface area contributed by atoms with Gasteiger partial charge in [-0.3, -0.25) is 0 Å². The summed E-state index contributed by atoms with van der Waals surface area (Å²) in [4.78, 5) is 11.2. The molecule has 0 aliphatic heterocycles. The molecule has 0 spiro atoms. The minimum Gasteiger partial charge on any atom is -0.466 e. The third-order valence-corrected chi connectivity index (χ3v) is 1.78. The van der Waals surface area contributed by atoms with E-state index in [4.69, 9.17) is 9.15 Å². The number of ether oxygens (including phenoxy) is 1. The molecule has 0 aliphatic carbocycles. The molecule has 1 rings (SSSR count). The predicted molar refractivity (Wildman–Crippen MR) is 49.5 cm³/mol. The maximum Gasteiger partial charge on any atom is 0.342 e. The van der Waals surface area contributed by atoms with Gasteiger partial charge in [0.2, 0.25) is 6.10 Å². The van der Waals surface area contributed by atoms with E-state index in [1.807, 2.05) is 6.92 Å². The standard InChI is InChI=1S/C10H14O4/c1-2-3-6-14-10(12)9(11)8-5-4-7-13-8/h4-5,7,9,11H,2-3,6H2,1H3/t9-/m1/s1. The normalized spacial score (nSPS) is 12.4. The van der Waals surface area contributed by atoms with Crippen LogP contribution in [0.5, 0.6) is 0 Å². The topological polar surface area (TPSA) is 59.7 Å². The Morgan fingerprint density at radius 1 is 1.71 bits per heavy atom. The van der Waals surface area contributed by atoms with E-state index < -0.39 is 12.1 Å². The molecule has 1 aromatic rings. The Balaban J connectivity index is 2.37. The highest BCUT2D eigenvalue weighted by molar-refractivity contribution is 5.75. The van der Waals surface area contributed by atoms with Crippen molar-refractivity contribution in [1.82, 2.24) is 0 Å². The lowest BCUT2D eigenvalue weighted by atomic mass is 10.3. The van der Waals surface area contributed by atoms with E-state index in [2.05, 4.69) is 0 Å². The summed E-state index contributed by atoms with van der Waals surface area (Å²) in [6.07, 6.45) is 1.85. The molecule has 0 saturated carbocycles. The summed E-state index contributed by atoms with van der Waals surface area (Å²) in [5.74, 6) is -0.445. The predicted octanol–water partition coefficient (Wildman–Crippen LogP) is 1.66. The number of hydrogen-bond donors (Lipinski definition) is 1. The zero-order valence-corrected chi connectivity index (χ0v) is 8.10. The average Bonchev–Trinajstić information content (AvgIpc) is 2.69. The van der Waals surface area contributed by atoms with E-state index in [1.165, 1.54) is 12.3 Å². The summed E-state index contributed by atoms with van der Waals surface area (Å²) in [6, 6.07) is 3.14. The summed E-state index contributed by atoms with van der Waals surface area (Å²) in [6.45, 7) is 2.34. The molecule has 0 aromatic carbocycles. The van der Waals surface area contributed by atoms with Crippen molar-refractivity contribution in [1.29, 1.82) is 0 Å². The summed E-state index contributed by atoms with van der Waals surface area (Å²) in [7, 11) is 0. The summed E-state index contributed by atoms with van der Waals surface area (Å²) in [5.41, 5.74) is 0. The van der Waals surface area contributed by atoms with Crippen molar-refractivity contribution in [2.24, 2.45) is 0 Å². The fraction of sp³-hybridized carbons (Fsp3) is 0.500. The molecule has 1 aromatic heterocycles. The van der Waals surface area contributed by atoms with Crippen LogP contribution in [0.2, 0.25) is 0 Å². The summed E-state index contributed by atoms with van der Waals surface area (Å²) in [5, 5.41) is 9.41. The van der Waals surface area contributed by atoms with E-state index in [1.54, 1.807) is 6.07 Å². The molecule has 0 amide bonds. The lowest BCUT2D eigenvalue weighted by Gasteiger charge is -2.07. The molecular weight excluding hydrogens is 184 g/mol. The van der Waals surface area contributed by atoms with Crippen LogP contribution in [-0.2, 0) is 9.53 Å². The van der Waals surface area contributed by atoms with E-state index >= 15 is 0 Å². The second-order valence-electron chi connectivity index (χ2n) is 2.94. The van der Waals surface area contributed by atoms with Crippen molar-refractivity contribution >= 4 is 5.97 Å². The molecule has 4 nitrogen and oxygen atoms in total. The Hall–Kier alpha value is -1.29. The molecule has 1 heterocycles. The molecule has 0 bridgehead atoms. The molecular formula is C10H14O4. The second kappa shape index (κ2) is 5.44. The second-order valence-corrected chi connectivity index (χ2v) is 2.94. The number of unbranched alkanes of at least 4 members (excludes halogenated alkanes) is 1. The first-order chi connectivity index (χ1) is 6.75. The van der Waals surface area contributed by atoms with Crippen molar-refractivity contribution in [3.05, 3.63) is 24.2 Å². The monoisotopic (exact) mass is 198 g/mol. The van der Waals surface area contributed by atoms with Gasteiger partial charge in [-0.15, -0.1) is 0 Å². The summed E-state index contributed by atoms with van der Waals surface area (Å²) < 4.78 is 9.69. The van der Waals surface area contributed by atoms with Gasteiger partial charge in [0.05, 0.1) is 12.9 Å². The molecule has 0 fully saturated rings. The summed E-state index contributed by atoms with van der Waals surface area (Å²) >= 11 is 0. The first kappa shape index (κ1) is 10.8. The highest BCUT2D eigenvalue weighted by atomic mass is 16.5. The third-order valence-electron chi connectivity index (χ3n) is 1.78. The molecule has 0 aliphatic rings. The first-order valence-corrected chi connectivity index (χ1v) is 4.63. The Morgan fingerprint density at radius 3 is 3.07 bits per heavy atom. The number of furan rings is 1. The number of aliphatic hydroxyl groups is 1. The van der Waals surface area contributed by atoms with E-state index in [0.29, 0.717) is 6.61 Å². The molecule has 4 heteroatoms. The van der Waals surface area contributed by atoms with Crippen molar-refractivity contribution in [2.75, 3.05) is 6.61 Å². The van der Waals surface area contributed by atoms with Gasteiger partial charge in [-0.2, -0.15) is 0 Å². The number of carbonyl (C=O) groups is 1. The number of aliphatic hydroxyl groups excluding tert-OH is 1. The van der Waals surface area contributed by atoms with Gasteiger partial charge in [0.1, 0.15) is 5.76 Å². The van der Waals surface area contributed by atoms with Crippen molar-refractivity contribution in [3.63, 3.8) is 0 Å². The average molecular weight is 198 g/mol. The van der Waals surface area contributed by atoms with Crippen LogP contribution in [0, 0.1) is 0 Å². The lowest BCUT2D eigenvalue weighted by Crippen LogP contribution is -2.15. The highest BCUT2D eigenvalue weighted by Crippen LogP contribution is 2.14. The Kier molecular flexibility index (Phi) is 4.19. The number of carbonyl (C=O) groups excluding carboxylic acids is 1. The fourth-order valence-electron chi connectivity index (χ4n) is 0.959. The van der Waals surface area contributed by atoms with E-state index in [-0.39, 0.29) is 5.76 Å². The highest BCUT2D eigenvalue weighted by Gasteiger charge is 2.21. The van der Waals surface area contributed by atoms with Crippen LogP contribution in [0.1, 0.15) is 31.6 Å². The van der Waals surface area contributed by atoms with Gasteiger partial charge in [-0.25, -0.2) is 4.79 Å². The smallest absolute Gasteiger partial charge is 0.342 e. The zero-order chi connectivity index (χ0) is 10.4. The van der Waals surface area contributed by atoms with Gasteiger partial charge in [0, 0.05) is 0 Å². The SMILES string of the molecule is CCCCOC(=O)[C@H](O)c1ccco1. The molecule has 14 heavy (non-hydrogen) atoms. The van der Waals surface area contributed by atoms with Gasteiger partial charge >= 0.3 is 5.97 Å². The minimum absolute atomic E-state index is 0.214. The largest absolute Gasteiger partial charge is 0.466 e. The molecule has 0 radical (unpaired) electrons. The number of hydrogen-bond acceptors (Lipinski definition) is 4. The van der Waals surface area contributed by atoms with Crippen LogP contribution in [0.15, 0.2) is 22.8 Å². The van der Waals surface area contributed by atoms with Crippen LogP contribution >= 0.6 is 0 Å². The van der Waals surface area contributed by atoms with Crippen LogP contribution in [0.4, 0.5) is 0 Å². The Morgan fingerprint density at radius 2 is 2.50 bits per heavy atom. The van der Waals surface area contributed by atoms with E-state index in [0.717, 1.165) is 12.8 Å². The van der Waals surface area contributed by atoms with E-state index in [9.17, 15) is 9.90 Å². The van der Waals surface area contributed by atoms with Crippen LogP contribution < -0.4 is 0 Å². The van der Waals surface area contributed by atoms with Crippen LogP contribution in [-0.4, -0.2) is 17.7 Å². The molecule has 0 unspecified atom stereocenters. The first-order valence-electron chi connectivity index (χ1n) is 4.63. The van der Waals surface area contributed by atoms with Gasteiger partial charge in [0.15, 0.2) is 0 Å². The minimum atomic E-state index is -1.30. The van der Waals surface area contributed by atoms with Crippen molar-refractivity contribution in [2.45, 2.75) is 25.9 Å². The third kappa shape index (κ3) is 2.88. The Bertz CT molecular complexity index is 266. The van der Waals surface area contributed by atoms with Gasteiger partial charge in [-0.1, -0.05) is 13.3 Å². The fourth-order valence-corrected chi connectivity index (χ4v) is 0.959.